The van der Waals surface area contributed by atoms with E-state index in [-0.39, 0.29) is 5.75 Å². The minimum absolute atomic E-state index is 0.276. The van der Waals surface area contributed by atoms with Gasteiger partial charge in [-0.2, -0.15) is 4.31 Å². The molecule has 12 heteroatoms. The lowest BCUT2D eigenvalue weighted by atomic mass is 10.6. The first-order valence-corrected chi connectivity index (χ1v) is 9.90. The lowest BCUT2D eigenvalue weighted by Crippen LogP contribution is -2.40. The Hall–Kier alpha value is -0.270. The van der Waals surface area contributed by atoms with E-state index in [0.717, 1.165) is 4.31 Å². The van der Waals surface area contributed by atoms with Crippen LogP contribution in [0.3, 0.4) is 0 Å². The van der Waals surface area contributed by atoms with Gasteiger partial charge in [0.25, 0.3) is 0 Å². The highest BCUT2D eigenvalue weighted by atomic mass is 32.2. The van der Waals surface area contributed by atoms with Gasteiger partial charge in [0.2, 0.25) is 30.1 Å². The fourth-order valence-corrected chi connectivity index (χ4v) is 3.32. The summed E-state index contributed by atoms with van der Waals surface area (Å²) in [6.07, 6.45) is 0. The van der Waals surface area contributed by atoms with Crippen molar-refractivity contribution in [1.82, 2.24) is 4.31 Å². The maximum Gasteiger partial charge on any atom is 0.213 e. The molecule has 0 aromatic rings. The molecule has 4 N–H and O–H groups in total. The van der Waals surface area contributed by atoms with Crippen LogP contribution in [0.25, 0.3) is 0 Å². The van der Waals surface area contributed by atoms with Crippen molar-refractivity contribution in [2.75, 3.05) is 30.3 Å². The molecule has 0 spiro atoms. The van der Waals surface area contributed by atoms with Crippen molar-refractivity contribution in [1.29, 1.82) is 0 Å². The summed E-state index contributed by atoms with van der Waals surface area (Å²) in [6.45, 7) is 0.561. The molecule has 0 saturated heterocycles. The number of sulfonamides is 3. The van der Waals surface area contributed by atoms with Gasteiger partial charge in [0, 0.05) is 13.1 Å². The molecule has 0 atom stereocenters. The second kappa shape index (κ2) is 6.25. The Kier molecular flexibility index (Phi) is 6.16. The largest absolute Gasteiger partial charge is 0.229 e. The Bertz CT molecular complexity index is 528. The van der Waals surface area contributed by atoms with Crippen molar-refractivity contribution in [3.63, 3.8) is 0 Å². The lowest BCUT2D eigenvalue weighted by molar-refractivity contribution is 0.444. The first kappa shape index (κ1) is 17.7. The van der Waals surface area contributed by atoms with Crippen LogP contribution in [0.5, 0.6) is 0 Å². The highest BCUT2D eigenvalue weighted by molar-refractivity contribution is 7.90. The van der Waals surface area contributed by atoms with E-state index < -0.39 is 54.7 Å². The zero-order chi connectivity index (χ0) is 14.6. The maximum absolute atomic E-state index is 11.6. The minimum Gasteiger partial charge on any atom is -0.229 e. The van der Waals surface area contributed by atoms with Crippen LogP contribution in [0, 0.1) is 0 Å². The molecular weight excluding hydrogens is 306 g/mol. The average Bonchev–Trinajstić information content (AvgIpc) is 2.13. The molecule has 9 nitrogen and oxygen atoms in total. The fraction of sp³-hybridized carbons (Fsp3) is 1.00. The number of rotatable bonds is 8. The second-order valence-corrected chi connectivity index (χ2v) is 9.26. The van der Waals surface area contributed by atoms with E-state index in [1.807, 2.05) is 0 Å². The fourth-order valence-electron chi connectivity index (χ4n) is 1.03. The summed E-state index contributed by atoms with van der Waals surface area (Å²) in [5, 5.41) is 9.52. The number of hydrogen-bond donors (Lipinski definition) is 2. The van der Waals surface area contributed by atoms with Gasteiger partial charge in [-0.3, -0.25) is 0 Å². The van der Waals surface area contributed by atoms with Crippen LogP contribution in [-0.4, -0.2) is 59.9 Å². The molecule has 0 aromatic heterocycles. The van der Waals surface area contributed by atoms with Gasteiger partial charge < -0.3 is 0 Å². The smallest absolute Gasteiger partial charge is 0.213 e. The Morgan fingerprint density at radius 3 is 1.39 bits per heavy atom. The zero-order valence-corrected chi connectivity index (χ0v) is 12.3. The molecule has 0 fully saturated rings. The van der Waals surface area contributed by atoms with Crippen LogP contribution in [0.1, 0.15) is 6.92 Å². The highest BCUT2D eigenvalue weighted by Crippen LogP contribution is 2.02. The van der Waals surface area contributed by atoms with Crippen LogP contribution >= 0.6 is 0 Å². The monoisotopic (exact) mass is 323 g/mol. The van der Waals surface area contributed by atoms with Gasteiger partial charge >= 0.3 is 0 Å². The normalized spacial score (nSPS) is 14.0. The summed E-state index contributed by atoms with van der Waals surface area (Å²) in [5.41, 5.74) is 0. The molecule has 0 aromatic carbocycles. The summed E-state index contributed by atoms with van der Waals surface area (Å²) in [7, 11) is -11.4. The summed E-state index contributed by atoms with van der Waals surface area (Å²) in [4.78, 5) is 0. The van der Waals surface area contributed by atoms with E-state index in [1.54, 1.807) is 0 Å². The van der Waals surface area contributed by atoms with Crippen LogP contribution in [-0.2, 0) is 30.1 Å². The second-order valence-electron chi connectivity index (χ2n) is 3.53. The van der Waals surface area contributed by atoms with Gasteiger partial charge in [0.1, 0.15) is 0 Å². The molecule has 0 radical (unpaired) electrons. The van der Waals surface area contributed by atoms with Crippen molar-refractivity contribution in [3.05, 3.63) is 0 Å². The van der Waals surface area contributed by atoms with E-state index in [4.69, 9.17) is 10.3 Å². The van der Waals surface area contributed by atoms with Gasteiger partial charge in [-0.05, 0) is 6.92 Å². The van der Waals surface area contributed by atoms with Crippen molar-refractivity contribution < 1.29 is 25.3 Å². The zero-order valence-electron chi connectivity index (χ0n) is 9.81. The number of hydrogen-bond acceptors (Lipinski definition) is 6. The van der Waals surface area contributed by atoms with Gasteiger partial charge in [0.15, 0.2) is 0 Å². The Balaban J connectivity index is 4.86. The summed E-state index contributed by atoms with van der Waals surface area (Å²) in [6, 6.07) is 0. The third kappa shape index (κ3) is 7.94. The van der Waals surface area contributed by atoms with Crippen LogP contribution in [0.2, 0.25) is 0 Å². The SMILES string of the molecule is CCS(=O)(=O)N(CCS(N)(=O)=O)CCS(N)(=O)=O. The Labute approximate surface area is 107 Å². The maximum atomic E-state index is 11.6. The number of nitrogens with zero attached hydrogens (tertiary/aromatic N) is 1. The van der Waals surface area contributed by atoms with Crippen LogP contribution in [0.4, 0.5) is 0 Å². The first-order valence-electron chi connectivity index (χ1n) is 4.86. The molecule has 0 amide bonds. The standard InChI is InChI=1S/C6H17N3O6S3/c1-2-18(14,15)9(3-5-16(7,10)11)4-6-17(8,12)13/h2-6H2,1H3,(H2,7,10,11)(H2,8,12,13). The molecule has 0 bridgehead atoms. The average molecular weight is 323 g/mol. The van der Waals surface area contributed by atoms with E-state index in [1.165, 1.54) is 6.92 Å². The van der Waals surface area contributed by atoms with E-state index in [2.05, 4.69) is 0 Å². The molecule has 0 aliphatic carbocycles. The third-order valence-electron chi connectivity index (χ3n) is 2.01. The molecule has 0 rings (SSSR count). The van der Waals surface area contributed by atoms with E-state index in [0.29, 0.717) is 0 Å². The van der Waals surface area contributed by atoms with Gasteiger partial charge in [0.05, 0.1) is 17.3 Å². The molecule has 0 unspecified atom stereocenters. The molecule has 110 valence electrons. The highest BCUT2D eigenvalue weighted by Gasteiger charge is 2.22. The van der Waals surface area contributed by atoms with Gasteiger partial charge in [-0.1, -0.05) is 0 Å². The van der Waals surface area contributed by atoms with Crippen LogP contribution in [0.15, 0.2) is 0 Å². The third-order valence-corrected chi connectivity index (χ3v) is 5.39. The van der Waals surface area contributed by atoms with Crippen molar-refractivity contribution >= 4 is 30.1 Å². The molecule has 0 saturated carbocycles. The number of nitrogens with two attached hydrogens (primary N) is 2. The Morgan fingerprint density at radius 1 is 0.833 bits per heavy atom. The quantitative estimate of drug-likeness (QED) is 0.491. The topological polar surface area (TPSA) is 158 Å². The van der Waals surface area contributed by atoms with Crippen molar-refractivity contribution in [3.8, 4) is 0 Å². The van der Waals surface area contributed by atoms with E-state index >= 15 is 0 Å². The van der Waals surface area contributed by atoms with Crippen molar-refractivity contribution in [2.24, 2.45) is 10.3 Å². The molecule has 18 heavy (non-hydrogen) atoms. The van der Waals surface area contributed by atoms with E-state index in [9.17, 15) is 25.3 Å². The van der Waals surface area contributed by atoms with Gasteiger partial charge in [-0.15, -0.1) is 0 Å². The lowest BCUT2D eigenvalue weighted by Gasteiger charge is -2.20. The summed E-state index contributed by atoms with van der Waals surface area (Å²) >= 11 is 0. The van der Waals surface area contributed by atoms with Gasteiger partial charge in [-0.25, -0.2) is 35.5 Å². The predicted molar refractivity (Wildman–Crippen MR) is 67.0 cm³/mol. The molecular formula is C6H17N3O6S3. The van der Waals surface area contributed by atoms with Crippen molar-refractivity contribution in [2.45, 2.75) is 6.92 Å². The molecule has 0 aliphatic rings. The first-order chi connectivity index (χ1) is 7.87. The summed E-state index contributed by atoms with van der Waals surface area (Å²) < 4.78 is 67.0. The molecule has 0 heterocycles. The van der Waals surface area contributed by atoms with Crippen LogP contribution < -0.4 is 10.3 Å². The number of primary sulfonamides is 2. The predicted octanol–water partition coefficient (Wildman–Crippen LogP) is -2.78. The molecule has 0 aliphatic heterocycles. The summed E-state index contributed by atoms with van der Waals surface area (Å²) in [5.74, 6) is -1.45. The minimum atomic E-state index is -3.83. The Morgan fingerprint density at radius 2 is 1.17 bits per heavy atom.